The Kier molecular flexibility index (Phi) is 3.91. The van der Waals surface area contributed by atoms with Crippen LogP contribution in [0.4, 0.5) is 4.39 Å². The molecule has 18 heavy (non-hydrogen) atoms. The second-order valence-corrected chi connectivity index (χ2v) is 4.77. The summed E-state index contributed by atoms with van der Waals surface area (Å²) in [6, 6.07) is 3.16. The first kappa shape index (κ1) is 13.0. The Balaban J connectivity index is 2.04. The van der Waals surface area contributed by atoms with Crippen LogP contribution in [0.1, 0.15) is 23.8 Å². The third-order valence-corrected chi connectivity index (χ3v) is 3.51. The summed E-state index contributed by atoms with van der Waals surface area (Å²) < 4.78 is 12.8. The van der Waals surface area contributed by atoms with Crippen molar-refractivity contribution in [2.75, 3.05) is 20.1 Å². The second kappa shape index (κ2) is 5.44. The number of hydrogen-bond acceptors (Lipinski definition) is 3. The van der Waals surface area contributed by atoms with Gasteiger partial charge in [0.25, 0.3) is 5.91 Å². The number of likely N-dealkylation sites (tertiary alicyclic amines) is 1. The fraction of sp³-hybridized carbons (Fsp3) is 0.538. The Morgan fingerprint density at radius 2 is 2.33 bits per heavy atom. The lowest BCUT2D eigenvalue weighted by Crippen LogP contribution is -2.49. The van der Waals surface area contributed by atoms with E-state index >= 15 is 0 Å². The van der Waals surface area contributed by atoms with Crippen LogP contribution in [0.5, 0.6) is 0 Å². The number of piperidine rings is 1. The number of nitrogens with zero attached hydrogens (tertiary/aromatic N) is 2. The number of aromatic nitrogens is 1. The lowest BCUT2D eigenvalue weighted by atomic mass is 9.94. The zero-order valence-corrected chi connectivity index (χ0v) is 10.7. The number of pyridine rings is 1. The van der Waals surface area contributed by atoms with Gasteiger partial charge in [-0.3, -0.25) is 4.79 Å². The molecule has 1 amide bonds. The van der Waals surface area contributed by atoms with Crippen LogP contribution >= 0.6 is 0 Å². The lowest BCUT2D eigenvalue weighted by molar-refractivity contribution is 0.0643. The molecule has 0 bridgehead atoms. The molecule has 2 heterocycles. The number of carbonyl (C=O) groups excluding carboxylic acids is 1. The first-order valence-corrected chi connectivity index (χ1v) is 6.20. The second-order valence-electron chi connectivity index (χ2n) is 4.77. The van der Waals surface area contributed by atoms with Crippen LogP contribution in [0.25, 0.3) is 0 Å². The van der Waals surface area contributed by atoms with Crippen molar-refractivity contribution in [2.45, 2.75) is 19.4 Å². The average Bonchev–Trinajstić information content (AvgIpc) is 2.38. The predicted octanol–water partition coefficient (Wildman–Crippen LogP) is 1.29. The van der Waals surface area contributed by atoms with Gasteiger partial charge < -0.3 is 10.2 Å². The minimum Gasteiger partial charge on any atom is -0.337 e. The maximum Gasteiger partial charge on any atom is 0.272 e. The summed E-state index contributed by atoms with van der Waals surface area (Å²) in [5.74, 6) is -0.127. The molecule has 1 aromatic rings. The topological polar surface area (TPSA) is 45.2 Å². The molecular weight excluding hydrogens is 233 g/mol. The van der Waals surface area contributed by atoms with Crippen molar-refractivity contribution >= 4 is 5.91 Å². The van der Waals surface area contributed by atoms with Crippen LogP contribution in [0.3, 0.4) is 0 Å². The third-order valence-electron chi connectivity index (χ3n) is 3.51. The van der Waals surface area contributed by atoms with Gasteiger partial charge in [-0.25, -0.2) is 9.37 Å². The molecule has 0 aliphatic carbocycles. The zero-order chi connectivity index (χ0) is 13.1. The fourth-order valence-electron chi connectivity index (χ4n) is 2.42. The number of halogens is 1. The van der Waals surface area contributed by atoms with E-state index in [9.17, 15) is 9.18 Å². The molecule has 1 aliphatic rings. The van der Waals surface area contributed by atoms with Gasteiger partial charge in [0.05, 0.1) is 6.20 Å². The van der Waals surface area contributed by atoms with Gasteiger partial charge in [0.2, 0.25) is 0 Å². The summed E-state index contributed by atoms with van der Waals surface area (Å²) in [4.78, 5) is 17.8. The minimum absolute atomic E-state index is 0.114. The number of rotatable bonds is 2. The van der Waals surface area contributed by atoms with Crippen LogP contribution in [0, 0.1) is 11.7 Å². The molecule has 2 rings (SSSR count). The van der Waals surface area contributed by atoms with E-state index in [1.165, 1.54) is 12.1 Å². The standard InChI is InChI=1S/C13H18FN3O/c1-9-8-17(6-5-11(9)15-2)13(18)12-4-3-10(14)7-16-12/h3-4,7,9,11,15H,5-6,8H2,1-2H3. The van der Waals surface area contributed by atoms with Crippen LogP contribution in [-0.2, 0) is 0 Å². The Labute approximate surface area is 106 Å². The van der Waals surface area contributed by atoms with E-state index in [0.717, 1.165) is 12.6 Å². The molecule has 1 aliphatic heterocycles. The molecule has 0 aromatic carbocycles. The summed E-state index contributed by atoms with van der Waals surface area (Å²) in [6.45, 7) is 3.55. The normalized spacial score (nSPS) is 24.1. The van der Waals surface area contributed by atoms with Crippen molar-refractivity contribution in [2.24, 2.45) is 5.92 Å². The van der Waals surface area contributed by atoms with Crippen molar-refractivity contribution in [1.29, 1.82) is 0 Å². The van der Waals surface area contributed by atoms with E-state index < -0.39 is 5.82 Å². The molecule has 1 fully saturated rings. The van der Waals surface area contributed by atoms with Gasteiger partial charge in [-0.05, 0) is 31.5 Å². The van der Waals surface area contributed by atoms with Crippen molar-refractivity contribution in [1.82, 2.24) is 15.2 Å². The van der Waals surface area contributed by atoms with Crippen LogP contribution in [-0.4, -0.2) is 42.0 Å². The fourth-order valence-corrected chi connectivity index (χ4v) is 2.42. The summed E-state index contributed by atoms with van der Waals surface area (Å²) >= 11 is 0. The molecule has 2 unspecified atom stereocenters. The average molecular weight is 251 g/mol. The van der Waals surface area contributed by atoms with Crippen molar-refractivity contribution in [3.8, 4) is 0 Å². The van der Waals surface area contributed by atoms with E-state index in [-0.39, 0.29) is 5.91 Å². The SMILES string of the molecule is CNC1CCN(C(=O)c2ccc(F)cn2)CC1C. The van der Waals surface area contributed by atoms with Crippen LogP contribution in [0.15, 0.2) is 18.3 Å². The minimum atomic E-state index is -0.422. The summed E-state index contributed by atoms with van der Waals surface area (Å²) in [7, 11) is 1.94. The Morgan fingerprint density at radius 1 is 1.56 bits per heavy atom. The highest BCUT2D eigenvalue weighted by atomic mass is 19.1. The van der Waals surface area contributed by atoms with E-state index in [4.69, 9.17) is 0 Å². The highest BCUT2D eigenvalue weighted by molar-refractivity contribution is 5.92. The van der Waals surface area contributed by atoms with E-state index in [1.807, 2.05) is 7.05 Å². The van der Waals surface area contributed by atoms with Gasteiger partial charge in [0.15, 0.2) is 0 Å². The molecule has 2 atom stereocenters. The smallest absolute Gasteiger partial charge is 0.272 e. The molecule has 4 nitrogen and oxygen atoms in total. The highest BCUT2D eigenvalue weighted by Crippen LogP contribution is 2.18. The predicted molar refractivity (Wildman–Crippen MR) is 66.7 cm³/mol. The maximum absolute atomic E-state index is 12.8. The maximum atomic E-state index is 12.8. The van der Waals surface area contributed by atoms with Crippen molar-refractivity contribution in [3.63, 3.8) is 0 Å². The molecule has 98 valence electrons. The Hall–Kier alpha value is -1.49. The lowest BCUT2D eigenvalue weighted by Gasteiger charge is -2.36. The summed E-state index contributed by atoms with van der Waals surface area (Å²) in [5, 5.41) is 3.26. The molecule has 1 aromatic heterocycles. The highest BCUT2D eigenvalue weighted by Gasteiger charge is 2.28. The van der Waals surface area contributed by atoms with E-state index in [1.54, 1.807) is 4.90 Å². The molecule has 1 N–H and O–H groups in total. The monoisotopic (exact) mass is 251 g/mol. The van der Waals surface area contributed by atoms with Crippen molar-refractivity contribution in [3.05, 3.63) is 29.8 Å². The van der Waals surface area contributed by atoms with Gasteiger partial charge in [-0.1, -0.05) is 6.92 Å². The zero-order valence-electron chi connectivity index (χ0n) is 10.7. The molecule has 0 saturated carbocycles. The van der Waals surface area contributed by atoms with Gasteiger partial charge in [-0.2, -0.15) is 0 Å². The first-order valence-electron chi connectivity index (χ1n) is 6.20. The number of nitrogens with one attached hydrogen (secondary N) is 1. The van der Waals surface area contributed by atoms with E-state index in [0.29, 0.717) is 30.7 Å². The van der Waals surface area contributed by atoms with Gasteiger partial charge >= 0.3 is 0 Å². The summed E-state index contributed by atoms with van der Waals surface area (Å²) in [5.41, 5.74) is 0.312. The summed E-state index contributed by atoms with van der Waals surface area (Å²) in [6.07, 6.45) is 2.02. The van der Waals surface area contributed by atoms with E-state index in [2.05, 4.69) is 17.2 Å². The molecule has 0 spiro atoms. The molecule has 1 saturated heterocycles. The number of carbonyl (C=O) groups is 1. The van der Waals surface area contributed by atoms with Crippen LogP contribution < -0.4 is 5.32 Å². The molecule has 5 heteroatoms. The molecule has 0 radical (unpaired) electrons. The Morgan fingerprint density at radius 3 is 2.89 bits per heavy atom. The number of hydrogen-bond donors (Lipinski definition) is 1. The molecular formula is C13H18FN3O. The van der Waals surface area contributed by atoms with Gasteiger partial charge in [-0.15, -0.1) is 0 Å². The first-order chi connectivity index (χ1) is 8.61. The number of amides is 1. The van der Waals surface area contributed by atoms with Crippen LogP contribution in [0.2, 0.25) is 0 Å². The largest absolute Gasteiger partial charge is 0.337 e. The quantitative estimate of drug-likeness (QED) is 0.861. The van der Waals surface area contributed by atoms with Gasteiger partial charge in [0, 0.05) is 19.1 Å². The third kappa shape index (κ3) is 2.67. The van der Waals surface area contributed by atoms with Gasteiger partial charge in [0.1, 0.15) is 11.5 Å². The Bertz CT molecular complexity index is 421. The van der Waals surface area contributed by atoms with Crippen molar-refractivity contribution < 1.29 is 9.18 Å².